The van der Waals surface area contributed by atoms with Crippen molar-refractivity contribution >= 4 is 31.9 Å². The van der Waals surface area contributed by atoms with Crippen LogP contribution in [0.4, 0.5) is 0 Å². The molecule has 1 atom stereocenters. The summed E-state index contributed by atoms with van der Waals surface area (Å²) in [5.41, 5.74) is 4.48. The summed E-state index contributed by atoms with van der Waals surface area (Å²) >= 11 is 7.32. The number of hydrogen-bond donors (Lipinski definition) is 0. The molecule has 0 fully saturated rings. The van der Waals surface area contributed by atoms with Gasteiger partial charge in [-0.25, -0.2) is 0 Å². The van der Waals surface area contributed by atoms with Gasteiger partial charge in [-0.1, -0.05) is 31.9 Å². The van der Waals surface area contributed by atoms with Crippen molar-refractivity contribution in [2.24, 2.45) is 0 Å². The lowest BCUT2D eigenvalue weighted by Crippen LogP contribution is -2.02. The Hall–Kier alpha value is -0.740. The lowest BCUT2D eigenvalue weighted by molar-refractivity contribution is 0.406. The van der Waals surface area contributed by atoms with E-state index in [0.29, 0.717) is 0 Å². The smallest absolute Gasteiger partial charge is 0.126 e. The molecule has 0 spiro atoms. The molecule has 2 rings (SSSR count). The summed E-state index contributed by atoms with van der Waals surface area (Å²) in [5, 5.41) is 0. The molecule has 0 saturated carbocycles. The van der Waals surface area contributed by atoms with E-state index in [-0.39, 0.29) is 4.83 Å². The summed E-state index contributed by atoms with van der Waals surface area (Å²) < 4.78 is 11.8. The third-order valence-corrected chi connectivity index (χ3v) is 4.81. The Morgan fingerprint density at radius 1 is 1.33 bits per heavy atom. The van der Waals surface area contributed by atoms with Crippen molar-refractivity contribution in [2.45, 2.75) is 18.7 Å². The van der Waals surface area contributed by atoms with E-state index >= 15 is 0 Å². The Kier molecular flexibility index (Phi) is 4.17. The molecule has 1 aromatic heterocycles. The van der Waals surface area contributed by atoms with Gasteiger partial charge in [0.1, 0.15) is 5.75 Å². The molecular formula is C14H14Br2O2. The highest BCUT2D eigenvalue weighted by atomic mass is 79.9. The number of furan rings is 1. The largest absolute Gasteiger partial charge is 0.496 e. The third kappa shape index (κ3) is 2.36. The number of ether oxygens (including phenoxy) is 1. The fraction of sp³-hybridized carbons (Fsp3) is 0.286. The van der Waals surface area contributed by atoms with Crippen molar-refractivity contribution in [3.8, 4) is 5.75 Å². The predicted octanol–water partition coefficient (Wildman–Crippen LogP) is 5.15. The number of aryl methyl sites for hydroxylation is 1. The second kappa shape index (κ2) is 5.49. The molecule has 0 bridgehead atoms. The third-order valence-electron chi connectivity index (χ3n) is 3.00. The lowest BCUT2D eigenvalue weighted by atomic mass is 9.98. The Bertz CT molecular complexity index is 547. The van der Waals surface area contributed by atoms with Crippen molar-refractivity contribution in [1.82, 2.24) is 0 Å². The van der Waals surface area contributed by atoms with Crippen molar-refractivity contribution < 1.29 is 9.15 Å². The van der Waals surface area contributed by atoms with Gasteiger partial charge >= 0.3 is 0 Å². The minimum atomic E-state index is 0.0578. The second-order valence-corrected chi connectivity index (χ2v) is 5.94. The lowest BCUT2D eigenvalue weighted by Gasteiger charge is -2.19. The van der Waals surface area contributed by atoms with Crippen molar-refractivity contribution in [3.63, 3.8) is 0 Å². The summed E-state index contributed by atoms with van der Waals surface area (Å²) in [4.78, 5) is 0.0578. The van der Waals surface area contributed by atoms with Crippen LogP contribution in [0, 0.1) is 13.8 Å². The molecule has 2 nitrogen and oxygen atoms in total. The Morgan fingerprint density at radius 3 is 2.61 bits per heavy atom. The summed E-state index contributed by atoms with van der Waals surface area (Å²) in [6.07, 6.45) is 3.42. The molecule has 96 valence electrons. The van der Waals surface area contributed by atoms with E-state index in [4.69, 9.17) is 9.15 Å². The number of alkyl halides is 1. The average molecular weight is 374 g/mol. The SMILES string of the molecule is COc1c(C)cc(Br)c(C)c1C(Br)c1ccoc1. The minimum absolute atomic E-state index is 0.0578. The maximum Gasteiger partial charge on any atom is 0.126 e. The quantitative estimate of drug-likeness (QED) is 0.694. The fourth-order valence-electron chi connectivity index (χ4n) is 2.04. The van der Waals surface area contributed by atoms with Gasteiger partial charge in [-0.3, -0.25) is 0 Å². The van der Waals surface area contributed by atoms with E-state index in [1.165, 1.54) is 5.56 Å². The van der Waals surface area contributed by atoms with Crippen LogP contribution in [0.5, 0.6) is 5.75 Å². The van der Waals surface area contributed by atoms with E-state index in [1.54, 1.807) is 19.6 Å². The highest BCUT2D eigenvalue weighted by molar-refractivity contribution is 9.10. The van der Waals surface area contributed by atoms with Crippen LogP contribution in [0.15, 0.2) is 33.5 Å². The van der Waals surface area contributed by atoms with Crippen molar-refractivity contribution in [2.75, 3.05) is 7.11 Å². The zero-order valence-corrected chi connectivity index (χ0v) is 13.6. The van der Waals surface area contributed by atoms with Gasteiger partial charge in [0, 0.05) is 15.6 Å². The number of hydrogen-bond acceptors (Lipinski definition) is 2. The van der Waals surface area contributed by atoms with Crippen LogP contribution in [-0.2, 0) is 0 Å². The van der Waals surface area contributed by atoms with E-state index < -0.39 is 0 Å². The fourth-order valence-corrected chi connectivity index (χ4v) is 3.41. The monoisotopic (exact) mass is 372 g/mol. The Labute approximate surface area is 124 Å². The van der Waals surface area contributed by atoms with Crippen LogP contribution in [0.3, 0.4) is 0 Å². The maximum atomic E-state index is 5.55. The molecule has 0 aliphatic carbocycles. The molecule has 2 aromatic rings. The van der Waals surface area contributed by atoms with Crippen LogP contribution in [0.25, 0.3) is 0 Å². The van der Waals surface area contributed by atoms with Crippen LogP contribution in [-0.4, -0.2) is 7.11 Å². The van der Waals surface area contributed by atoms with Crippen molar-refractivity contribution in [1.29, 1.82) is 0 Å². The molecule has 0 amide bonds. The van der Waals surface area contributed by atoms with Gasteiger partial charge < -0.3 is 9.15 Å². The number of benzene rings is 1. The Morgan fingerprint density at radius 2 is 2.06 bits per heavy atom. The second-order valence-electron chi connectivity index (χ2n) is 4.17. The predicted molar refractivity (Wildman–Crippen MR) is 79.6 cm³/mol. The molecule has 0 aliphatic rings. The van der Waals surface area contributed by atoms with E-state index in [1.807, 2.05) is 13.0 Å². The first-order valence-corrected chi connectivity index (χ1v) is 7.27. The number of rotatable bonds is 3. The average Bonchev–Trinajstić information content (AvgIpc) is 2.86. The first-order chi connectivity index (χ1) is 8.56. The molecule has 4 heteroatoms. The first-order valence-electron chi connectivity index (χ1n) is 5.56. The molecule has 1 heterocycles. The summed E-state index contributed by atoms with van der Waals surface area (Å²) in [6, 6.07) is 4.03. The summed E-state index contributed by atoms with van der Waals surface area (Å²) in [5.74, 6) is 0.916. The Balaban J connectivity index is 2.62. The number of halogens is 2. The summed E-state index contributed by atoms with van der Waals surface area (Å²) in [7, 11) is 1.70. The standard InChI is InChI=1S/C14H14Br2O2/c1-8-6-11(15)9(2)12(14(8)17-3)13(16)10-4-5-18-7-10/h4-7,13H,1-3H3. The van der Waals surface area contributed by atoms with Crippen LogP contribution in [0.2, 0.25) is 0 Å². The van der Waals surface area contributed by atoms with Crippen LogP contribution >= 0.6 is 31.9 Å². The van der Waals surface area contributed by atoms with Crippen LogP contribution < -0.4 is 4.74 Å². The molecule has 0 radical (unpaired) electrons. The van der Waals surface area contributed by atoms with Gasteiger partial charge in [0.15, 0.2) is 0 Å². The van der Waals surface area contributed by atoms with Gasteiger partial charge in [0.2, 0.25) is 0 Å². The van der Waals surface area contributed by atoms with E-state index in [0.717, 1.165) is 26.9 Å². The molecule has 1 aromatic carbocycles. The highest BCUT2D eigenvalue weighted by Crippen LogP contribution is 2.42. The highest BCUT2D eigenvalue weighted by Gasteiger charge is 2.21. The molecular weight excluding hydrogens is 360 g/mol. The van der Waals surface area contributed by atoms with Crippen LogP contribution in [0.1, 0.15) is 27.1 Å². The van der Waals surface area contributed by atoms with Gasteiger partial charge in [0.05, 0.1) is 24.5 Å². The molecule has 1 unspecified atom stereocenters. The number of methoxy groups -OCH3 is 1. The molecule has 18 heavy (non-hydrogen) atoms. The van der Waals surface area contributed by atoms with Gasteiger partial charge in [-0.15, -0.1) is 0 Å². The van der Waals surface area contributed by atoms with E-state index in [2.05, 4.69) is 44.8 Å². The molecule has 0 N–H and O–H groups in total. The zero-order valence-electron chi connectivity index (χ0n) is 10.5. The molecule has 0 saturated heterocycles. The normalized spacial score (nSPS) is 12.5. The minimum Gasteiger partial charge on any atom is -0.496 e. The van der Waals surface area contributed by atoms with Gasteiger partial charge in [0.25, 0.3) is 0 Å². The van der Waals surface area contributed by atoms with Crippen molar-refractivity contribution in [3.05, 3.63) is 51.4 Å². The van der Waals surface area contributed by atoms with E-state index in [9.17, 15) is 0 Å². The maximum absolute atomic E-state index is 5.55. The molecule has 0 aliphatic heterocycles. The summed E-state index contributed by atoms with van der Waals surface area (Å²) in [6.45, 7) is 4.12. The van der Waals surface area contributed by atoms with Gasteiger partial charge in [-0.05, 0) is 37.1 Å². The topological polar surface area (TPSA) is 22.4 Å². The van der Waals surface area contributed by atoms with Gasteiger partial charge in [-0.2, -0.15) is 0 Å². The first kappa shape index (κ1) is 13.7. The zero-order chi connectivity index (χ0) is 13.3.